The van der Waals surface area contributed by atoms with E-state index in [-0.39, 0.29) is 0 Å². The Balaban J connectivity index is 0. The summed E-state index contributed by atoms with van der Waals surface area (Å²) in [7, 11) is 0. The van der Waals surface area contributed by atoms with E-state index in [2.05, 4.69) is 15.9 Å². The van der Waals surface area contributed by atoms with Gasteiger partial charge in [-0.2, -0.15) is 0 Å². The molecule has 2 nitrogen and oxygen atoms in total. The summed E-state index contributed by atoms with van der Waals surface area (Å²) in [4.78, 5) is 0. The number of hydrogen-bond acceptors (Lipinski definition) is 1. The Morgan fingerprint density at radius 1 is 1.23 bits per heavy atom. The summed E-state index contributed by atoms with van der Waals surface area (Å²) in [6.07, 6.45) is 1.81. The van der Waals surface area contributed by atoms with Crippen LogP contribution in [0.2, 0.25) is 0 Å². The first-order chi connectivity index (χ1) is 6.22. The molecule has 0 fully saturated rings. The van der Waals surface area contributed by atoms with E-state index in [9.17, 15) is 0 Å². The maximum atomic E-state index is 5.51. The van der Waals surface area contributed by atoms with Gasteiger partial charge in [0.1, 0.15) is 0 Å². The van der Waals surface area contributed by atoms with Crippen LogP contribution in [-0.2, 0) is 0 Å². The number of nitrogen functional groups attached to an aromatic ring is 1. The first kappa shape index (κ1) is 14.9. The van der Waals surface area contributed by atoms with Crippen LogP contribution in [0.15, 0.2) is 22.8 Å². The lowest BCUT2D eigenvalue weighted by atomic mass is 10.4. The van der Waals surface area contributed by atoms with Crippen LogP contribution in [0.5, 0.6) is 0 Å². The second-order valence-corrected chi connectivity index (χ2v) is 2.70. The van der Waals surface area contributed by atoms with E-state index in [1.54, 1.807) is 10.9 Å². The molecule has 1 aromatic heterocycles. The minimum atomic E-state index is 1.03. The molecule has 0 bridgehead atoms. The second-order valence-electron chi connectivity index (χ2n) is 1.85. The zero-order valence-corrected chi connectivity index (χ0v) is 10.7. The topological polar surface area (TPSA) is 29.9 Å². The second kappa shape index (κ2) is 9.52. The normalized spacial score (nSPS) is 7.54. The number of pyridine rings is 1. The fraction of sp³-hybridized carbons (Fsp3) is 0.500. The van der Waals surface area contributed by atoms with Crippen molar-refractivity contribution in [2.45, 2.75) is 34.6 Å². The van der Waals surface area contributed by atoms with Crippen LogP contribution >= 0.6 is 15.9 Å². The molecule has 1 rings (SSSR count). The quantitative estimate of drug-likeness (QED) is 0.555. The van der Waals surface area contributed by atoms with E-state index in [1.165, 1.54) is 0 Å². The molecule has 0 spiro atoms. The van der Waals surface area contributed by atoms with Gasteiger partial charge in [-0.25, -0.2) is 5.84 Å². The van der Waals surface area contributed by atoms with Crippen molar-refractivity contribution in [1.82, 2.24) is 0 Å². The molecule has 0 saturated heterocycles. The highest BCUT2D eigenvalue weighted by molar-refractivity contribution is 9.10. The molecular weight excluding hydrogens is 228 g/mol. The van der Waals surface area contributed by atoms with Crippen LogP contribution < -0.4 is 10.5 Å². The van der Waals surface area contributed by atoms with Gasteiger partial charge in [0.05, 0.1) is 4.47 Å². The molecular formula is C10H20BrN2+. The largest absolute Gasteiger partial charge is 0.222 e. The van der Waals surface area contributed by atoms with E-state index in [4.69, 9.17) is 5.84 Å². The summed E-state index contributed by atoms with van der Waals surface area (Å²) in [6, 6.07) is 3.84. The van der Waals surface area contributed by atoms with E-state index < -0.39 is 0 Å². The molecule has 1 aromatic rings. The standard InChI is InChI=1S/C6H8BrN2.2C2H6/c1-5-6(7)3-2-4-9(5)8;2*1-2/h2-4H,8H2,1H3;2*1-2H3/q+1;;. The van der Waals surface area contributed by atoms with Gasteiger partial charge in [0.2, 0.25) is 5.69 Å². The van der Waals surface area contributed by atoms with Crippen molar-refractivity contribution in [2.75, 3.05) is 5.84 Å². The van der Waals surface area contributed by atoms with Crippen LogP contribution in [0.25, 0.3) is 0 Å². The molecule has 76 valence electrons. The lowest BCUT2D eigenvalue weighted by Crippen LogP contribution is -2.46. The van der Waals surface area contributed by atoms with Gasteiger partial charge >= 0.3 is 0 Å². The smallest absolute Gasteiger partial charge is 0.205 e. The Morgan fingerprint density at radius 3 is 2.00 bits per heavy atom. The Morgan fingerprint density at radius 2 is 1.69 bits per heavy atom. The highest BCUT2D eigenvalue weighted by atomic mass is 79.9. The van der Waals surface area contributed by atoms with Gasteiger partial charge < -0.3 is 0 Å². The van der Waals surface area contributed by atoms with Crippen LogP contribution in [0.3, 0.4) is 0 Å². The third kappa shape index (κ3) is 5.64. The SMILES string of the molecule is CC.CC.Cc1c(Br)ccc[n+]1N. The highest BCUT2D eigenvalue weighted by Crippen LogP contribution is 2.08. The molecule has 0 atom stereocenters. The van der Waals surface area contributed by atoms with Crippen molar-refractivity contribution >= 4 is 15.9 Å². The van der Waals surface area contributed by atoms with Gasteiger partial charge in [-0.15, -0.1) is 0 Å². The zero-order chi connectivity index (χ0) is 10.9. The third-order valence-electron chi connectivity index (χ3n) is 1.22. The van der Waals surface area contributed by atoms with Crippen LogP contribution in [0.1, 0.15) is 33.4 Å². The van der Waals surface area contributed by atoms with E-state index in [1.807, 2.05) is 46.8 Å². The summed E-state index contributed by atoms with van der Waals surface area (Å²) < 4.78 is 2.61. The zero-order valence-electron chi connectivity index (χ0n) is 9.13. The fourth-order valence-corrected chi connectivity index (χ4v) is 0.933. The average molecular weight is 248 g/mol. The summed E-state index contributed by atoms with van der Waals surface area (Å²) in [5.41, 5.74) is 1.03. The molecule has 13 heavy (non-hydrogen) atoms. The molecule has 0 aliphatic rings. The van der Waals surface area contributed by atoms with Crippen LogP contribution in [0, 0.1) is 6.92 Å². The number of hydrogen-bond donors (Lipinski definition) is 1. The highest BCUT2D eigenvalue weighted by Gasteiger charge is 2.03. The number of nitrogens with zero attached hydrogens (tertiary/aromatic N) is 1. The Hall–Kier alpha value is -0.570. The lowest BCUT2D eigenvalue weighted by molar-refractivity contribution is -0.646. The lowest BCUT2D eigenvalue weighted by Gasteiger charge is -1.91. The molecule has 0 aromatic carbocycles. The van der Waals surface area contributed by atoms with Gasteiger partial charge in [0, 0.05) is 13.0 Å². The van der Waals surface area contributed by atoms with Gasteiger partial charge in [-0.3, -0.25) is 0 Å². The van der Waals surface area contributed by atoms with Crippen LogP contribution in [0.4, 0.5) is 0 Å². The summed E-state index contributed by atoms with van der Waals surface area (Å²) in [6.45, 7) is 9.95. The molecule has 1 heterocycles. The molecule has 2 N–H and O–H groups in total. The predicted octanol–water partition coefficient (Wildman–Crippen LogP) is 2.81. The molecule has 0 amide bonds. The molecule has 0 aliphatic heterocycles. The Labute approximate surface area is 89.9 Å². The molecule has 0 unspecified atom stereocenters. The van der Waals surface area contributed by atoms with E-state index in [0.29, 0.717) is 0 Å². The van der Waals surface area contributed by atoms with Crippen molar-refractivity contribution < 1.29 is 4.68 Å². The van der Waals surface area contributed by atoms with E-state index in [0.717, 1.165) is 10.2 Å². The minimum Gasteiger partial charge on any atom is -0.205 e. The Kier molecular flexibility index (Phi) is 10.9. The minimum absolute atomic E-state index is 1.03. The maximum Gasteiger partial charge on any atom is 0.222 e. The van der Waals surface area contributed by atoms with Crippen molar-refractivity contribution in [3.05, 3.63) is 28.5 Å². The number of aromatic nitrogens is 1. The molecule has 3 heteroatoms. The van der Waals surface area contributed by atoms with Crippen molar-refractivity contribution in [2.24, 2.45) is 0 Å². The summed E-state index contributed by atoms with van der Waals surface area (Å²) in [5.74, 6) is 5.51. The average Bonchev–Trinajstić information content (AvgIpc) is 2.20. The molecule has 0 radical (unpaired) electrons. The number of rotatable bonds is 0. The fourth-order valence-electron chi connectivity index (χ4n) is 0.576. The number of nitrogens with two attached hydrogens (primary N) is 1. The molecule has 0 aliphatic carbocycles. The predicted molar refractivity (Wildman–Crippen MR) is 61.9 cm³/mol. The van der Waals surface area contributed by atoms with Gasteiger partial charge in [-0.05, 0) is 22.0 Å². The van der Waals surface area contributed by atoms with Crippen molar-refractivity contribution in [3.63, 3.8) is 0 Å². The van der Waals surface area contributed by atoms with E-state index >= 15 is 0 Å². The summed E-state index contributed by atoms with van der Waals surface area (Å²) >= 11 is 3.35. The first-order valence-corrected chi connectivity index (χ1v) is 5.43. The Bertz CT molecular complexity index is 204. The molecule has 0 saturated carbocycles. The first-order valence-electron chi connectivity index (χ1n) is 4.63. The van der Waals surface area contributed by atoms with Crippen molar-refractivity contribution in [1.29, 1.82) is 0 Å². The monoisotopic (exact) mass is 247 g/mol. The maximum absolute atomic E-state index is 5.51. The van der Waals surface area contributed by atoms with Crippen LogP contribution in [-0.4, -0.2) is 0 Å². The number of halogens is 1. The van der Waals surface area contributed by atoms with Gasteiger partial charge in [0.25, 0.3) is 0 Å². The third-order valence-corrected chi connectivity index (χ3v) is 2.06. The van der Waals surface area contributed by atoms with Gasteiger partial charge in [0.15, 0.2) is 6.20 Å². The van der Waals surface area contributed by atoms with Gasteiger partial charge in [-0.1, -0.05) is 32.4 Å². The summed E-state index contributed by atoms with van der Waals surface area (Å²) in [5, 5.41) is 0. The van der Waals surface area contributed by atoms with Crippen molar-refractivity contribution in [3.8, 4) is 0 Å².